The van der Waals surface area contributed by atoms with Gasteiger partial charge in [-0.25, -0.2) is 0 Å². The molecule has 2 nitrogen and oxygen atoms in total. The average molecular weight is 210 g/mol. The van der Waals surface area contributed by atoms with Gasteiger partial charge in [-0.2, -0.15) is 0 Å². The number of hydrogen-bond donors (Lipinski definition) is 1. The average Bonchev–Trinajstić information content (AvgIpc) is 2.85. The number of rotatable bonds is 5. The van der Waals surface area contributed by atoms with Gasteiger partial charge >= 0.3 is 0 Å². The van der Waals surface area contributed by atoms with Crippen molar-refractivity contribution < 1.29 is 0 Å². The van der Waals surface area contributed by atoms with E-state index in [2.05, 4.69) is 17.1 Å². The number of nitrogens with one attached hydrogen (secondary N) is 1. The highest BCUT2D eigenvalue weighted by molar-refractivity contribution is 4.76. The molecule has 88 valence electrons. The molecule has 1 heterocycles. The van der Waals surface area contributed by atoms with E-state index in [0.717, 1.165) is 12.0 Å². The Morgan fingerprint density at radius 3 is 2.60 bits per heavy atom. The van der Waals surface area contributed by atoms with Crippen LogP contribution in [0.5, 0.6) is 0 Å². The van der Waals surface area contributed by atoms with Crippen molar-refractivity contribution in [1.29, 1.82) is 0 Å². The van der Waals surface area contributed by atoms with Crippen molar-refractivity contribution in [2.24, 2.45) is 5.92 Å². The van der Waals surface area contributed by atoms with Gasteiger partial charge in [-0.05, 0) is 51.6 Å². The maximum atomic E-state index is 3.63. The summed E-state index contributed by atoms with van der Waals surface area (Å²) in [6.07, 6.45) is 8.68. The van der Waals surface area contributed by atoms with Crippen LogP contribution in [0.3, 0.4) is 0 Å². The summed E-state index contributed by atoms with van der Waals surface area (Å²) in [7, 11) is 0. The Balaban J connectivity index is 1.51. The molecular formula is C13H26N2. The highest BCUT2D eigenvalue weighted by Crippen LogP contribution is 2.23. The van der Waals surface area contributed by atoms with Crippen molar-refractivity contribution in [3.05, 3.63) is 0 Å². The van der Waals surface area contributed by atoms with E-state index in [1.165, 1.54) is 64.7 Å². The quantitative estimate of drug-likeness (QED) is 0.700. The van der Waals surface area contributed by atoms with Crippen LogP contribution < -0.4 is 5.32 Å². The maximum Gasteiger partial charge on any atom is 0.0110 e. The van der Waals surface area contributed by atoms with Crippen LogP contribution in [0.4, 0.5) is 0 Å². The Kier molecular flexibility index (Phi) is 4.45. The molecule has 1 saturated carbocycles. The van der Waals surface area contributed by atoms with Crippen LogP contribution >= 0.6 is 0 Å². The van der Waals surface area contributed by atoms with E-state index in [0.29, 0.717) is 0 Å². The van der Waals surface area contributed by atoms with E-state index in [-0.39, 0.29) is 0 Å². The Morgan fingerprint density at radius 1 is 1.13 bits per heavy atom. The van der Waals surface area contributed by atoms with Gasteiger partial charge in [-0.3, -0.25) is 4.90 Å². The molecule has 1 aliphatic heterocycles. The van der Waals surface area contributed by atoms with E-state index in [9.17, 15) is 0 Å². The van der Waals surface area contributed by atoms with E-state index in [4.69, 9.17) is 0 Å². The smallest absolute Gasteiger partial charge is 0.0110 e. The third kappa shape index (κ3) is 3.46. The second-order valence-electron chi connectivity index (χ2n) is 5.38. The van der Waals surface area contributed by atoms with E-state index in [1.807, 2.05) is 0 Å². The minimum Gasteiger partial charge on any atom is -0.315 e. The molecule has 0 aromatic heterocycles. The fourth-order valence-corrected chi connectivity index (χ4v) is 3.07. The largest absolute Gasteiger partial charge is 0.315 e. The summed E-state index contributed by atoms with van der Waals surface area (Å²) < 4.78 is 0. The topological polar surface area (TPSA) is 15.3 Å². The zero-order valence-corrected chi connectivity index (χ0v) is 10.2. The van der Waals surface area contributed by atoms with E-state index < -0.39 is 0 Å². The molecule has 1 aliphatic carbocycles. The molecular weight excluding hydrogens is 184 g/mol. The molecule has 0 bridgehead atoms. The number of hydrogen-bond acceptors (Lipinski definition) is 2. The molecule has 0 aromatic carbocycles. The van der Waals surface area contributed by atoms with Crippen LogP contribution in [-0.2, 0) is 0 Å². The molecule has 1 unspecified atom stereocenters. The van der Waals surface area contributed by atoms with Gasteiger partial charge in [0.2, 0.25) is 0 Å². The number of likely N-dealkylation sites (tertiary alicyclic amines) is 1. The second kappa shape index (κ2) is 5.86. The third-order valence-corrected chi connectivity index (χ3v) is 4.17. The van der Waals surface area contributed by atoms with Crippen molar-refractivity contribution in [3.8, 4) is 0 Å². The second-order valence-corrected chi connectivity index (χ2v) is 5.38. The van der Waals surface area contributed by atoms with Crippen molar-refractivity contribution in [1.82, 2.24) is 10.2 Å². The molecule has 0 spiro atoms. The van der Waals surface area contributed by atoms with Gasteiger partial charge in [0, 0.05) is 19.1 Å². The summed E-state index contributed by atoms with van der Waals surface area (Å²) in [6.45, 7) is 7.41. The molecule has 1 atom stereocenters. The van der Waals surface area contributed by atoms with Crippen LogP contribution in [0.2, 0.25) is 0 Å². The van der Waals surface area contributed by atoms with Gasteiger partial charge in [0.15, 0.2) is 0 Å². The standard InChI is InChI=1S/C13H26N2/c1-12-5-4-9-15(12)10-8-14-11-13-6-2-3-7-13/h12-14H,2-11H2,1H3. The SMILES string of the molecule is CC1CCCN1CCNCC1CCCC1. The monoisotopic (exact) mass is 210 g/mol. The maximum absolute atomic E-state index is 3.63. The highest BCUT2D eigenvalue weighted by Gasteiger charge is 2.19. The predicted molar refractivity (Wildman–Crippen MR) is 65.1 cm³/mol. The minimum atomic E-state index is 0.832. The Hall–Kier alpha value is -0.0800. The van der Waals surface area contributed by atoms with Crippen molar-refractivity contribution >= 4 is 0 Å². The first-order chi connectivity index (χ1) is 7.36. The highest BCUT2D eigenvalue weighted by atomic mass is 15.2. The molecule has 0 amide bonds. The fraction of sp³-hybridized carbons (Fsp3) is 1.00. The van der Waals surface area contributed by atoms with Crippen LogP contribution in [0.25, 0.3) is 0 Å². The number of nitrogens with zero attached hydrogens (tertiary/aromatic N) is 1. The first kappa shape index (κ1) is 11.4. The van der Waals surface area contributed by atoms with Crippen LogP contribution in [0.1, 0.15) is 45.4 Å². The zero-order chi connectivity index (χ0) is 10.5. The van der Waals surface area contributed by atoms with Gasteiger partial charge in [-0.15, -0.1) is 0 Å². The lowest BCUT2D eigenvalue weighted by Gasteiger charge is -2.21. The molecule has 2 heteroatoms. The van der Waals surface area contributed by atoms with E-state index in [1.54, 1.807) is 0 Å². The molecule has 2 aliphatic rings. The Bertz CT molecular complexity index is 175. The molecule has 1 saturated heterocycles. The summed E-state index contributed by atoms with van der Waals surface area (Å²) in [4.78, 5) is 2.63. The van der Waals surface area contributed by atoms with Crippen LogP contribution in [-0.4, -0.2) is 37.1 Å². The Morgan fingerprint density at radius 2 is 1.93 bits per heavy atom. The summed E-state index contributed by atoms with van der Waals surface area (Å²) in [5.41, 5.74) is 0. The molecule has 15 heavy (non-hydrogen) atoms. The lowest BCUT2D eigenvalue weighted by Crippen LogP contribution is -2.35. The first-order valence-electron chi connectivity index (χ1n) is 6.81. The van der Waals surface area contributed by atoms with E-state index >= 15 is 0 Å². The minimum absolute atomic E-state index is 0.832. The van der Waals surface area contributed by atoms with Gasteiger partial charge in [-0.1, -0.05) is 12.8 Å². The Labute approximate surface area is 94.4 Å². The van der Waals surface area contributed by atoms with Crippen LogP contribution in [0, 0.1) is 5.92 Å². The van der Waals surface area contributed by atoms with Gasteiger partial charge in [0.05, 0.1) is 0 Å². The third-order valence-electron chi connectivity index (χ3n) is 4.17. The van der Waals surface area contributed by atoms with Crippen molar-refractivity contribution in [3.63, 3.8) is 0 Å². The first-order valence-corrected chi connectivity index (χ1v) is 6.81. The summed E-state index contributed by atoms with van der Waals surface area (Å²) in [5, 5.41) is 3.63. The predicted octanol–water partition coefficient (Wildman–Crippen LogP) is 2.25. The van der Waals surface area contributed by atoms with Gasteiger partial charge in [0.25, 0.3) is 0 Å². The lowest BCUT2D eigenvalue weighted by molar-refractivity contribution is 0.266. The lowest BCUT2D eigenvalue weighted by atomic mass is 10.1. The summed E-state index contributed by atoms with van der Waals surface area (Å²) >= 11 is 0. The normalized spacial score (nSPS) is 29.0. The van der Waals surface area contributed by atoms with Crippen LogP contribution in [0.15, 0.2) is 0 Å². The molecule has 0 radical (unpaired) electrons. The molecule has 1 N–H and O–H groups in total. The molecule has 2 rings (SSSR count). The van der Waals surface area contributed by atoms with Crippen molar-refractivity contribution in [2.75, 3.05) is 26.2 Å². The summed E-state index contributed by atoms with van der Waals surface area (Å²) in [6, 6.07) is 0.832. The molecule has 0 aromatic rings. The van der Waals surface area contributed by atoms with Crippen molar-refractivity contribution in [2.45, 2.75) is 51.5 Å². The van der Waals surface area contributed by atoms with Gasteiger partial charge < -0.3 is 5.32 Å². The fourth-order valence-electron chi connectivity index (χ4n) is 3.07. The summed E-state index contributed by atoms with van der Waals surface area (Å²) in [5.74, 6) is 0.987. The van der Waals surface area contributed by atoms with Gasteiger partial charge in [0.1, 0.15) is 0 Å². The molecule has 2 fully saturated rings. The zero-order valence-electron chi connectivity index (χ0n) is 10.2.